The molecule has 0 spiro atoms. The van der Waals surface area contributed by atoms with E-state index in [0.29, 0.717) is 16.7 Å². The van der Waals surface area contributed by atoms with Crippen LogP contribution < -0.4 is 9.47 Å². The van der Waals surface area contributed by atoms with Gasteiger partial charge in [-0.25, -0.2) is 5.01 Å². The van der Waals surface area contributed by atoms with E-state index in [1.54, 1.807) is 0 Å². The van der Waals surface area contributed by atoms with Gasteiger partial charge in [0.15, 0.2) is 0 Å². The highest BCUT2D eigenvalue weighted by Gasteiger charge is 2.41. The Kier molecular flexibility index (Phi) is 5.05. The summed E-state index contributed by atoms with van der Waals surface area (Å²) in [7, 11) is 0. The Morgan fingerprint density at radius 1 is 1.03 bits per heavy atom. The van der Waals surface area contributed by atoms with E-state index in [1.807, 2.05) is 66.5 Å². The molecule has 5 rings (SSSR count). The van der Waals surface area contributed by atoms with Gasteiger partial charge in [-0.3, -0.25) is 0 Å². The van der Waals surface area contributed by atoms with Crippen molar-refractivity contribution in [1.29, 1.82) is 0 Å². The minimum absolute atomic E-state index is 0.0398. The lowest BCUT2D eigenvalue weighted by molar-refractivity contribution is -0.0190. The Labute approximate surface area is 185 Å². The van der Waals surface area contributed by atoms with Crippen LogP contribution in [-0.4, -0.2) is 17.3 Å². The average Bonchev–Trinajstić information content (AvgIpc) is 3.20. The van der Waals surface area contributed by atoms with Gasteiger partial charge in [-0.2, -0.15) is 5.10 Å². The second-order valence-corrected chi connectivity index (χ2v) is 8.18. The van der Waals surface area contributed by atoms with Crippen LogP contribution in [-0.2, 0) is 0 Å². The number of fused-ring (bicyclic) bond motifs is 3. The van der Waals surface area contributed by atoms with Crippen molar-refractivity contribution in [3.8, 4) is 11.5 Å². The molecule has 0 unspecified atom stereocenters. The molecular formula is C24H20Cl2N2O2. The van der Waals surface area contributed by atoms with Crippen LogP contribution >= 0.6 is 23.2 Å². The smallest absolute Gasteiger partial charge is 0.213 e. The van der Waals surface area contributed by atoms with E-state index in [1.165, 1.54) is 0 Å². The molecule has 2 atom stereocenters. The van der Waals surface area contributed by atoms with Gasteiger partial charge < -0.3 is 9.47 Å². The number of hydrazone groups is 1. The van der Waals surface area contributed by atoms with Crippen LogP contribution in [0.2, 0.25) is 10.0 Å². The SMILES string of the molecule is CCOc1ccc(C2=NN3[C@@H](c4cccc(Cl)c4)Oc4ccc(Cl)cc4[C@@H]3C2)cc1. The van der Waals surface area contributed by atoms with E-state index in [9.17, 15) is 0 Å². The Bertz CT molecular complexity index is 1110. The number of rotatable bonds is 4. The third-order valence-electron chi connectivity index (χ3n) is 5.38. The second-order valence-electron chi connectivity index (χ2n) is 7.31. The van der Waals surface area contributed by atoms with Gasteiger partial charge in [-0.05, 0) is 67.1 Å². The maximum atomic E-state index is 6.36. The predicted molar refractivity (Wildman–Crippen MR) is 120 cm³/mol. The lowest BCUT2D eigenvalue weighted by Gasteiger charge is -2.38. The molecule has 0 bridgehead atoms. The molecule has 2 aliphatic heterocycles. The van der Waals surface area contributed by atoms with Crippen molar-refractivity contribution in [1.82, 2.24) is 5.01 Å². The monoisotopic (exact) mass is 438 g/mol. The number of benzene rings is 3. The van der Waals surface area contributed by atoms with E-state index in [4.69, 9.17) is 37.8 Å². The van der Waals surface area contributed by atoms with Crippen LogP contribution in [0.5, 0.6) is 11.5 Å². The van der Waals surface area contributed by atoms with Gasteiger partial charge in [-0.1, -0.05) is 35.3 Å². The lowest BCUT2D eigenvalue weighted by Crippen LogP contribution is -2.33. The first-order valence-corrected chi connectivity index (χ1v) is 10.7. The molecule has 6 heteroatoms. The van der Waals surface area contributed by atoms with Crippen LogP contribution in [0.4, 0.5) is 0 Å². The molecule has 3 aromatic carbocycles. The van der Waals surface area contributed by atoms with Gasteiger partial charge >= 0.3 is 0 Å². The zero-order valence-electron chi connectivity index (χ0n) is 16.4. The maximum Gasteiger partial charge on any atom is 0.213 e. The van der Waals surface area contributed by atoms with Gasteiger partial charge in [0.1, 0.15) is 11.5 Å². The van der Waals surface area contributed by atoms with Crippen molar-refractivity contribution in [3.63, 3.8) is 0 Å². The summed E-state index contributed by atoms with van der Waals surface area (Å²) in [5.74, 6) is 1.68. The highest BCUT2D eigenvalue weighted by Crippen LogP contribution is 2.48. The molecule has 0 saturated heterocycles. The predicted octanol–water partition coefficient (Wildman–Crippen LogP) is 6.63. The van der Waals surface area contributed by atoms with Crippen molar-refractivity contribution < 1.29 is 9.47 Å². The van der Waals surface area contributed by atoms with Crippen molar-refractivity contribution in [2.24, 2.45) is 5.10 Å². The molecule has 0 aromatic heterocycles. The minimum Gasteiger partial charge on any atom is -0.494 e. The topological polar surface area (TPSA) is 34.1 Å². The summed E-state index contributed by atoms with van der Waals surface area (Å²) in [6.07, 6.45) is 0.407. The molecule has 4 nitrogen and oxygen atoms in total. The third kappa shape index (κ3) is 3.51. The van der Waals surface area contributed by atoms with E-state index < -0.39 is 0 Å². The second kappa shape index (κ2) is 7.86. The largest absolute Gasteiger partial charge is 0.494 e. The van der Waals surface area contributed by atoms with Gasteiger partial charge in [0.25, 0.3) is 0 Å². The number of nitrogens with zero attached hydrogens (tertiary/aromatic N) is 2. The molecule has 152 valence electrons. The van der Waals surface area contributed by atoms with Gasteiger partial charge in [0, 0.05) is 27.6 Å². The molecular weight excluding hydrogens is 419 g/mol. The normalized spacial score (nSPS) is 19.6. The Hall–Kier alpha value is -2.69. The Morgan fingerprint density at radius 2 is 1.83 bits per heavy atom. The number of ether oxygens (including phenoxy) is 2. The van der Waals surface area contributed by atoms with Gasteiger partial charge in [-0.15, -0.1) is 0 Å². The zero-order valence-corrected chi connectivity index (χ0v) is 17.9. The molecule has 0 radical (unpaired) electrons. The quantitative estimate of drug-likeness (QED) is 0.457. The molecule has 3 aromatic rings. The van der Waals surface area contributed by atoms with Crippen molar-refractivity contribution in [2.75, 3.05) is 6.61 Å². The molecule has 0 aliphatic carbocycles. The summed E-state index contributed by atoms with van der Waals surface area (Å²) >= 11 is 12.6. The van der Waals surface area contributed by atoms with Crippen molar-refractivity contribution in [3.05, 3.63) is 93.5 Å². The van der Waals surface area contributed by atoms with Crippen LogP contribution in [0.3, 0.4) is 0 Å². The number of halogens is 2. The summed E-state index contributed by atoms with van der Waals surface area (Å²) in [6.45, 7) is 2.62. The molecule has 2 heterocycles. The summed E-state index contributed by atoms with van der Waals surface area (Å²) in [6, 6.07) is 21.6. The first-order valence-electron chi connectivity index (χ1n) is 9.93. The third-order valence-corrected chi connectivity index (χ3v) is 5.85. The fraction of sp³-hybridized carbons (Fsp3) is 0.208. The molecule has 0 saturated carbocycles. The van der Waals surface area contributed by atoms with E-state index in [2.05, 4.69) is 12.1 Å². The molecule has 30 heavy (non-hydrogen) atoms. The van der Waals surface area contributed by atoms with Crippen LogP contribution in [0.1, 0.15) is 42.3 Å². The first kappa shape index (κ1) is 19.3. The van der Waals surface area contributed by atoms with Gasteiger partial charge in [0.05, 0.1) is 18.4 Å². The fourth-order valence-electron chi connectivity index (χ4n) is 4.02. The van der Waals surface area contributed by atoms with E-state index >= 15 is 0 Å². The summed E-state index contributed by atoms with van der Waals surface area (Å²) < 4.78 is 11.9. The van der Waals surface area contributed by atoms with Crippen LogP contribution in [0, 0.1) is 0 Å². The van der Waals surface area contributed by atoms with Gasteiger partial charge in [0.2, 0.25) is 6.23 Å². The average molecular weight is 439 g/mol. The van der Waals surface area contributed by atoms with Crippen molar-refractivity contribution in [2.45, 2.75) is 25.6 Å². The number of hydrogen-bond donors (Lipinski definition) is 0. The summed E-state index contributed by atoms with van der Waals surface area (Å²) in [5, 5.41) is 8.35. The van der Waals surface area contributed by atoms with E-state index in [0.717, 1.165) is 40.3 Å². The summed E-state index contributed by atoms with van der Waals surface area (Å²) in [4.78, 5) is 0. The fourth-order valence-corrected chi connectivity index (χ4v) is 4.40. The lowest BCUT2D eigenvalue weighted by atomic mass is 9.96. The van der Waals surface area contributed by atoms with E-state index in [-0.39, 0.29) is 12.3 Å². The Morgan fingerprint density at radius 3 is 2.60 bits per heavy atom. The highest BCUT2D eigenvalue weighted by atomic mass is 35.5. The van der Waals surface area contributed by atoms with Crippen molar-refractivity contribution >= 4 is 28.9 Å². The minimum atomic E-state index is -0.359. The molecule has 0 amide bonds. The zero-order chi connectivity index (χ0) is 20.7. The molecule has 0 N–H and O–H groups in total. The highest BCUT2D eigenvalue weighted by molar-refractivity contribution is 6.31. The van der Waals surface area contributed by atoms with Crippen LogP contribution in [0.15, 0.2) is 71.8 Å². The standard InChI is InChI=1S/C24H20Cl2N2O2/c1-2-29-19-9-6-15(7-10-19)21-14-22-20-13-18(26)8-11-23(20)30-24(28(22)27-21)16-4-3-5-17(25)12-16/h3-13,22,24H,2,14H2,1H3/t22-,24+/m0/s1. The maximum absolute atomic E-state index is 6.36. The number of hydrogen-bond acceptors (Lipinski definition) is 4. The summed E-state index contributed by atoms with van der Waals surface area (Å²) in [5.41, 5.74) is 4.09. The Balaban J connectivity index is 1.55. The molecule has 0 fully saturated rings. The molecule has 2 aliphatic rings. The van der Waals surface area contributed by atoms with Crippen LogP contribution in [0.25, 0.3) is 0 Å². The first-order chi connectivity index (χ1) is 14.6.